The third-order valence-electron chi connectivity index (χ3n) is 5.09. The first kappa shape index (κ1) is 23.7. The second-order valence-corrected chi connectivity index (χ2v) is 10.5. The molecule has 11 heteroatoms. The first-order chi connectivity index (χ1) is 16.2. The Bertz CT molecular complexity index is 1440. The Morgan fingerprint density at radius 2 is 1.76 bits per heavy atom. The van der Waals surface area contributed by atoms with E-state index in [2.05, 4.69) is 15.5 Å². The molecular formula is C23H22FN5O3S2. The van der Waals surface area contributed by atoms with Gasteiger partial charge < -0.3 is 9.88 Å². The molecule has 3 aromatic carbocycles. The third kappa shape index (κ3) is 5.54. The van der Waals surface area contributed by atoms with Gasteiger partial charge in [-0.3, -0.25) is 9.10 Å². The number of benzene rings is 3. The van der Waals surface area contributed by atoms with Crippen molar-refractivity contribution in [1.82, 2.24) is 14.8 Å². The standard InChI is InChI=1S/C23H22FN5O3S2/c1-28-21(14-29(34(2,31)32)20-11-8-18(24)9-12-20)26-27-23(28)33-15-22(30)25-19-10-7-16-5-3-4-6-17(16)13-19/h3-13H,14-15H2,1-2H3,(H,25,30). The lowest BCUT2D eigenvalue weighted by Crippen LogP contribution is -2.30. The predicted octanol–water partition coefficient (Wildman–Crippen LogP) is 3.80. The van der Waals surface area contributed by atoms with Gasteiger partial charge in [-0.2, -0.15) is 0 Å². The Morgan fingerprint density at radius 1 is 1.06 bits per heavy atom. The number of carbonyl (C=O) groups excluding carboxylic acids is 1. The number of fused-ring (bicyclic) bond motifs is 1. The van der Waals surface area contributed by atoms with Crippen molar-refractivity contribution in [3.05, 3.63) is 78.4 Å². The van der Waals surface area contributed by atoms with Gasteiger partial charge >= 0.3 is 0 Å². The molecule has 1 amide bonds. The highest BCUT2D eigenvalue weighted by molar-refractivity contribution is 7.99. The van der Waals surface area contributed by atoms with Crippen LogP contribution in [0.2, 0.25) is 0 Å². The van der Waals surface area contributed by atoms with Crippen molar-refractivity contribution in [3.8, 4) is 0 Å². The average Bonchev–Trinajstić information content (AvgIpc) is 3.15. The number of thioether (sulfide) groups is 1. The summed E-state index contributed by atoms with van der Waals surface area (Å²) in [7, 11) is -1.96. The van der Waals surface area contributed by atoms with Crippen LogP contribution in [0.4, 0.5) is 15.8 Å². The summed E-state index contributed by atoms with van der Waals surface area (Å²) < 4.78 is 40.7. The van der Waals surface area contributed by atoms with Crippen molar-refractivity contribution in [1.29, 1.82) is 0 Å². The molecule has 1 aromatic heterocycles. The van der Waals surface area contributed by atoms with Crippen molar-refractivity contribution >= 4 is 49.8 Å². The lowest BCUT2D eigenvalue weighted by Gasteiger charge is -2.21. The van der Waals surface area contributed by atoms with E-state index in [1.54, 1.807) is 11.6 Å². The number of aromatic nitrogens is 3. The number of hydrogen-bond acceptors (Lipinski definition) is 6. The van der Waals surface area contributed by atoms with Crippen LogP contribution in [0.15, 0.2) is 71.9 Å². The van der Waals surface area contributed by atoms with Crippen LogP contribution in [0.5, 0.6) is 0 Å². The zero-order valence-corrected chi connectivity index (χ0v) is 20.1. The summed E-state index contributed by atoms with van der Waals surface area (Å²) >= 11 is 1.19. The maximum atomic E-state index is 13.3. The molecule has 1 N–H and O–H groups in total. The molecule has 4 aromatic rings. The second kappa shape index (κ2) is 9.82. The van der Waals surface area contributed by atoms with E-state index in [-0.39, 0.29) is 18.2 Å². The Kier molecular flexibility index (Phi) is 6.85. The molecule has 0 aliphatic heterocycles. The van der Waals surface area contributed by atoms with Gasteiger partial charge in [-0.1, -0.05) is 42.1 Å². The minimum atomic E-state index is -3.65. The molecule has 0 unspecified atom stereocenters. The second-order valence-electron chi connectivity index (χ2n) is 7.60. The molecule has 4 rings (SSSR count). The molecule has 1 heterocycles. The number of nitrogens with one attached hydrogen (secondary N) is 1. The van der Waals surface area contributed by atoms with Crippen molar-refractivity contribution in [2.45, 2.75) is 11.7 Å². The minimum absolute atomic E-state index is 0.0855. The first-order valence-corrected chi connectivity index (χ1v) is 13.1. The number of sulfonamides is 1. The molecule has 0 saturated carbocycles. The number of amides is 1. The first-order valence-electron chi connectivity index (χ1n) is 10.2. The van der Waals surface area contributed by atoms with E-state index in [1.807, 2.05) is 42.5 Å². The Hall–Kier alpha value is -3.44. The lowest BCUT2D eigenvalue weighted by atomic mass is 10.1. The highest BCUT2D eigenvalue weighted by Crippen LogP contribution is 2.23. The van der Waals surface area contributed by atoms with Gasteiger partial charge in [-0.25, -0.2) is 12.8 Å². The topological polar surface area (TPSA) is 97.2 Å². The largest absolute Gasteiger partial charge is 0.325 e. The van der Waals surface area contributed by atoms with Gasteiger partial charge in [0.1, 0.15) is 5.82 Å². The summed E-state index contributed by atoms with van der Waals surface area (Å²) in [5, 5.41) is 13.6. The molecule has 0 aliphatic rings. The van der Waals surface area contributed by atoms with Gasteiger partial charge in [0.05, 0.1) is 24.2 Å². The number of anilines is 2. The highest BCUT2D eigenvalue weighted by atomic mass is 32.2. The van der Waals surface area contributed by atoms with E-state index in [9.17, 15) is 17.6 Å². The van der Waals surface area contributed by atoms with Crippen LogP contribution in [-0.4, -0.2) is 41.1 Å². The number of rotatable bonds is 8. The molecule has 176 valence electrons. The van der Waals surface area contributed by atoms with Crippen LogP contribution in [0.3, 0.4) is 0 Å². The predicted molar refractivity (Wildman–Crippen MR) is 132 cm³/mol. The van der Waals surface area contributed by atoms with Crippen molar-refractivity contribution in [2.24, 2.45) is 7.05 Å². The average molecular weight is 500 g/mol. The summed E-state index contributed by atoms with van der Waals surface area (Å²) in [5.74, 6) is -0.176. The summed E-state index contributed by atoms with van der Waals surface area (Å²) in [6.45, 7) is -0.0855. The van der Waals surface area contributed by atoms with Crippen LogP contribution < -0.4 is 9.62 Å². The quantitative estimate of drug-likeness (QED) is 0.371. The van der Waals surface area contributed by atoms with Crippen LogP contribution in [-0.2, 0) is 28.4 Å². The zero-order valence-electron chi connectivity index (χ0n) is 18.5. The molecule has 0 aliphatic carbocycles. The molecule has 0 atom stereocenters. The van der Waals surface area contributed by atoms with E-state index in [0.29, 0.717) is 22.4 Å². The Morgan fingerprint density at radius 3 is 2.47 bits per heavy atom. The molecule has 0 fully saturated rings. The summed E-state index contributed by atoms with van der Waals surface area (Å²) in [5.41, 5.74) is 1.02. The van der Waals surface area contributed by atoms with Gasteiger partial charge in [-0.05, 0) is 47.2 Å². The van der Waals surface area contributed by atoms with Crippen LogP contribution >= 0.6 is 11.8 Å². The smallest absolute Gasteiger partial charge is 0.234 e. The summed E-state index contributed by atoms with van der Waals surface area (Å²) in [6.07, 6.45) is 1.07. The van der Waals surface area contributed by atoms with Gasteiger partial charge in [0.15, 0.2) is 11.0 Å². The van der Waals surface area contributed by atoms with E-state index >= 15 is 0 Å². The van der Waals surface area contributed by atoms with Crippen LogP contribution in [0.1, 0.15) is 5.82 Å². The molecule has 8 nitrogen and oxygen atoms in total. The minimum Gasteiger partial charge on any atom is -0.325 e. The summed E-state index contributed by atoms with van der Waals surface area (Å²) in [6, 6.07) is 18.8. The molecule has 0 radical (unpaired) electrons. The van der Waals surface area contributed by atoms with Crippen LogP contribution in [0, 0.1) is 5.82 Å². The maximum absolute atomic E-state index is 13.3. The Balaban J connectivity index is 1.42. The number of halogens is 1. The highest BCUT2D eigenvalue weighted by Gasteiger charge is 2.22. The molecule has 34 heavy (non-hydrogen) atoms. The van der Waals surface area contributed by atoms with E-state index < -0.39 is 15.8 Å². The zero-order chi connectivity index (χ0) is 24.3. The van der Waals surface area contributed by atoms with Crippen molar-refractivity contribution in [2.75, 3.05) is 21.6 Å². The SMILES string of the molecule is Cn1c(CN(c2ccc(F)cc2)S(C)(=O)=O)nnc1SCC(=O)Nc1ccc2ccccc2c1. The fourth-order valence-electron chi connectivity index (χ4n) is 3.34. The fourth-order valence-corrected chi connectivity index (χ4v) is 4.92. The number of nitrogens with zero attached hydrogens (tertiary/aromatic N) is 4. The molecule has 0 saturated heterocycles. The summed E-state index contributed by atoms with van der Waals surface area (Å²) in [4.78, 5) is 12.5. The molecular weight excluding hydrogens is 477 g/mol. The normalized spacial score (nSPS) is 11.5. The molecule has 0 spiro atoms. The Labute approximate surface area is 200 Å². The van der Waals surface area contributed by atoms with Gasteiger partial charge in [0.2, 0.25) is 15.9 Å². The third-order valence-corrected chi connectivity index (χ3v) is 7.25. The van der Waals surface area contributed by atoms with Crippen LogP contribution in [0.25, 0.3) is 10.8 Å². The van der Waals surface area contributed by atoms with E-state index in [4.69, 9.17) is 0 Å². The molecule has 0 bridgehead atoms. The monoisotopic (exact) mass is 499 g/mol. The van der Waals surface area contributed by atoms with Gasteiger partial charge in [0.25, 0.3) is 0 Å². The number of hydrogen-bond donors (Lipinski definition) is 1. The maximum Gasteiger partial charge on any atom is 0.234 e. The van der Waals surface area contributed by atoms with E-state index in [0.717, 1.165) is 21.3 Å². The lowest BCUT2D eigenvalue weighted by molar-refractivity contribution is -0.113. The van der Waals surface area contributed by atoms with Gasteiger partial charge in [-0.15, -0.1) is 10.2 Å². The fraction of sp³-hybridized carbons (Fsp3) is 0.174. The number of carbonyl (C=O) groups is 1. The van der Waals surface area contributed by atoms with Crippen molar-refractivity contribution < 1.29 is 17.6 Å². The van der Waals surface area contributed by atoms with Crippen molar-refractivity contribution in [3.63, 3.8) is 0 Å². The van der Waals surface area contributed by atoms with Gasteiger partial charge in [0, 0.05) is 12.7 Å². The van der Waals surface area contributed by atoms with E-state index in [1.165, 1.54) is 36.0 Å².